The Kier molecular flexibility index (Phi) is 4.42. The van der Waals surface area contributed by atoms with Crippen molar-refractivity contribution in [2.75, 3.05) is 11.4 Å². The number of carbonyl (C=O) groups excluding carboxylic acids is 1. The summed E-state index contributed by atoms with van der Waals surface area (Å²) < 4.78 is 0.680. The van der Waals surface area contributed by atoms with Crippen LogP contribution in [0, 0.1) is 0 Å². The second-order valence-corrected chi connectivity index (χ2v) is 6.01. The molecule has 1 saturated heterocycles. The summed E-state index contributed by atoms with van der Waals surface area (Å²) in [4.78, 5) is 16.3. The molecule has 3 rings (SSSR count). The zero-order valence-electron chi connectivity index (χ0n) is 13.0. The first-order valence-electron chi connectivity index (χ1n) is 7.48. The summed E-state index contributed by atoms with van der Waals surface area (Å²) in [6.45, 7) is 2.53. The summed E-state index contributed by atoms with van der Waals surface area (Å²) in [5.74, 6) is -0.654. The van der Waals surface area contributed by atoms with E-state index in [1.54, 1.807) is 23.1 Å². The molecule has 2 aromatic carbocycles. The zero-order chi connectivity index (χ0) is 17.3. The molecule has 0 spiro atoms. The van der Waals surface area contributed by atoms with Gasteiger partial charge in [-0.05, 0) is 0 Å². The van der Waals surface area contributed by atoms with E-state index >= 15 is 0 Å². The predicted molar refractivity (Wildman–Crippen MR) is 94.8 cm³/mol. The fraction of sp³-hybridized carbons (Fsp3) is 0.111. The van der Waals surface area contributed by atoms with Crippen LogP contribution in [0.3, 0.4) is 0 Å². The predicted octanol–water partition coefficient (Wildman–Crippen LogP) is 2.06. The number of likely N-dealkylation sites (N-methyl/N-ethyl adjacent to an activating group) is 1. The molecule has 6 heteroatoms. The number of hydrogen-bond donors (Lipinski definition) is 2. The fourth-order valence-corrected chi connectivity index (χ4v) is 3.48. The van der Waals surface area contributed by atoms with Gasteiger partial charge >= 0.3 is 147 Å². The Hall–Kier alpha value is -2.56. The molecule has 2 N–H and O–H groups in total. The molecule has 2 aromatic rings. The van der Waals surface area contributed by atoms with Gasteiger partial charge in [-0.3, -0.25) is 0 Å². The van der Waals surface area contributed by atoms with Crippen LogP contribution in [0.2, 0.25) is 0 Å². The van der Waals surface area contributed by atoms with Gasteiger partial charge in [-0.2, -0.15) is 0 Å². The first-order chi connectivity index (χ1) is 11.5. The van der Waals surface area contributed by atoms with Crippen LogP contribution >= 0.6 is 0 Å². The molecule has 1 aliphatic rings. The first-order valence-corrected chi connectivity index (χ1v) is 8.34. The van der Waals surface area contributed by atoms with Crippen molar-refractivity contribution in [3.8, 4) is 11.5 Å². The van der Waals surface area contributed by atoms with Gasteiger partial charge in [0.15, 0.2) is 0 Å². The maximum absolute atomic E-state index is 12.9. The van der Waals surface area contributed by atoms with Gasteiger partial charge in [0.25, 0.3) is 0 Å². The molecule has 1 fully saturated rings. The monoisotopic (exact) mass is 388 g/mol. The molecule has 0 aromatic heterocycles. The number of aromatic hydroxyl groups is 2. The maximum atomic E-state index is 12.9. The third-order valence-corrected chi connectivity index (χ3v) is 4.65. The Morgan fingerprint density at radius 2 is 1.79 bits per heavy atom. The van der Waals surface area contributed by atoms with Gasteiger partial charge in [-0.15, -0.1) is 0 Å². The van der Waals surface area contributed by atoms with Gasteiger partial charge in [-0.1, -0.05) is 0 Å². The first kappa shape index (κ1) is 16.3. The van der Waals surface area contributed by atoms with E-state index in [2.05, 4.69) is 15.6 Å². The van der Waals surface area contributed by atoms with Crippen LogP contribution in [0.4, 0.5) is 5.69 Å². The summed E-state index contributed by atoms with van der Waals surface area (Å²) >= 11 is 2.96. The molecule has 1 aliphatic heterocycles. The number of amides is 1. The summed E-state index contributed by atoms with van der Waals surface area (Å²) in [6, 6.07) is 14.0. The molecule has 24 heavy (non-hydrogen) atoms. The topological polar surface area (TPSA) is 64.0 Å². The number of phenolic OH excluding ortho intramolecular Hbond substituents is 2. The SMILES string of the molecule is CCN1C(=[Se])N(c2ccccc2)C(=O)C1=Cc1cccc(O)c1O. The van der Waals surface area contributed by atoms with Crippen molar-refractivity contribution in [3.05, 3.63) is 59.8 Å². The van der Waals surface area contributed by atoms with Crippen molar-refractivity contribution >= 4 is 37.9 Å². The third kappa shape index (κ3) is 2.70. The van der Waals surface area contributed by atoms with Crippen LogP contribution in [0.5, 0.6) is 11.5 Å². The Balaban J connectivity index is 2.07. The van der Waals surface area contributed by atoms with E-state index in [1.807, 2.05) is 42.2 Å². The van der Waals surface area contributed by atoms with Crippen molar-refractivity contribution in [1.82, 2.24) is 4.90 Å². The molecule has 0 radical (unpaired) electrons. The van der Waals surface area contributed by atoms with Crippen molar-refractivity contribution in [2.45, 2.75) is 6.92 Å². The standard InChI is InChI=1S/C18H16N2O3Se/c1-2-19-14(11-12-7-6-10-15(21)16(12)22)17(23)20(18(19)24)13-8-4-3-5-9-13/h3-11,21-22H,2H2,1H3. The van der Waals surface area contributed by atoms with Crippen LogP contribution < -0.4 is 4.90 Å². The van der Waals surface area contributed by atoms with Crippen molar-refractivity contribution in [2.24, 2.45) is 0 Å². The molecule has 1 heterocycles. The minimum atomic E-state index is -0.242. The van der Waals surface area contributed by atoms with Crippen LogP contribution in [0.1, 0.15) is 12.5 Å². The van der Waals surface area contributed by atoms with Crippen molar-refractivity contribution in [3.63, 3.8) is 0 Å². The van der Waals surface area contributed by atoms with Gasteiger partial charge in [0.2, 0.25) is 0 Å². The molecule has 0 unspecified atom stereocenters. The summed E-state index contributed by atoms with van der Waals surface area (Å²) in [6.07, 6.45) is 1.58. The molecular formula is C18H16N2O3Se. The summed E-state index contributed by atoms with van der Waals surface area (Å²) in [5.41, 5.74) is 1.58. The van der Waals surface area contributed by atoms with Gasteiger partial charge in [0.05, 0.1) is 0 Å². The molecule has 1 amide bonds. The third-order valence-electron chi connectivity index (χ3n) is 3.80. The van der Waals surface area contributed by atoms with E-state index in [9.17, 15) is 15.0 Å². The molecule has 0 saturated carbocycles. The number of carbonyl (C=O) groups is 1. The Morgan fingerprint density at radius 1 is 1.08 bits per heavy atom. The molecule has 122 valence electrons. The molecule has 0 bridgehead atoms. The molecule has 0 atom stereocenters. The van der Waals surface area contributed by atoms with Crippen molar-refractivity contribution < 1.29 is 15.0 Å². The van der Waals surface area contributed by atoms with Gasteiger partial charge < -0.3 is 0 Å². The fourth-order valence-electron chi connectivity index (χ4n) is 2.60. The van der Waals surface area contributed by atoms with Crippen LogP contribution in [0.25, 0.3) is 6.08 Å². The van der Waals surface area contributed by atoms with E-state index in [4.69, 9.17) is 0 Å². The second kappa shape index (κ2) is 6.51. The molecule has 5 nitrogen and oxygen atoms in total. The van der Waals surface area contributed by atoms with Crippen molar-refractivity contribution in [1.29, 1.82) is 0 Å². The number of para-hydroxylation sites is 2. The number of phenols is 2. The number of rotatable bonds is 3. The number of anilines is 1. The Morgan fingerprint density at radius 3 is 2.46 bits per heavy atom. The van der Waals surface area contributed by atoms with Gasteiger partial charge in [0, 0.05) is 0 Å². The Labute approximate surface area is 147 Å². The minimum absolute atomic E-state index is 0.195. The number of hydrogen-bond acceptors (Lipinski definition) is 4. The Bertz CT molecular complexity index is 833. The van der Waals surface area contributed by atoms with E-state index in [-0.39, 0.29) is 17.4 Å². The number of nitrogens with zero attached hydrogens (tertiary/aromatic N) is 2. The van der Waals surface area contributed by atoms with E-state index < -0.39 is 0 Å². The summed E-state index contributed by atoms with van der Waals surface area (Å²) in [7, 11) is 0. The van der Waals surface area contributed by atoms with E-state index in [0.717, 1.165) is 5.69 Å². The number of benzene rings is 2. The second-order valence-electron chi connectivity index (χ2n) is 5.25. The van der Waals surface area contributed by atoms with E-state index in [0.29, 0.717) is 22.5 Å². The zero-order valence-corrected chi connectivity index (χ0v) is 14.7. The van der Waals surface area contributed by atoms with Crippen LogP contribution in [0.15, 0.2) is 54.2 Å². The van der Waals surface area contributed by atoms with Gasteiger partial charge in [-0.25, -0.2) is 0 Å². The average Bonchev–Trinajstić information content (AvgIpc) is 2.82. The molecular weight excluding hydrogens is 371 g/mol. The van der Waals surface area contributed by atoms with Gasteiger partial charge in [0.1, 0.15) is 0 Å². The average molecular weight is 387 g/mol. The normalized spacial score (nSPS) is 16.3. The van der Waals surface area contributed by atoms with Crippen LogP contribution in [-0.4, -0.2) is 47.8 Å². The van der Waals surface area contributed by atoms with E-state index in [1.165, 1.54) is 6.07 Å². The van der Waals surface area contributed by atoms with Crippen LogP contribution in [-0.2, 0) is 4.79 Å². The molecule has 0 aliphatic carbocycles. The quantitative estimate of drug-likeness (QED) is 0.481. The summed E-state index contributed by atoms with van der Waals surface area (Å²) in [5, 5.41) is 19.6.